The van der Waals surface area contributed by atoms with Gasteiger partial charge in [-0.2, -0.15) is 0 Å². The second-order valence-electron chi connectivity index (χ2n) is 8.28. The number of rotatable bonds is 6. The molecule has 0 bridgehead atoms. The van der Waals surface area contributed by atoms with Crippen molar-refractivity contribution < 1.29 is 21.8 Å². The average Bonchev–Trinajstić information content (AvgIpc) is 3.22. The molecule has 0 saturated carbocycles. The third-order valence-electron chi connectivity index (χ3n) is 6.44. The van der Waals surface area contributed by atoms with Crippen LogP contribution in [0.1, 0.15) is 12.0 Å². The maximum absolute atomic E-state index is 14.0. The fourth-order valence-electron chi connectivity index (χ4n) is 5.02. The highest BCUT2D eigenvalue weighted by molar-refractivity contribution is 7.96. The number of amides is 1. The lowest BCUT2D eigenvalue weighted by atomic mass is 10.2. The van der Waals surface area contributed by atoms with Gasteiger partial charge >= 0.3 is 0 Å². The molecule has 166 valence electrons. The third-order valence-corrected chi connectivity index (χ3v) is 11.2. The number of halogens is 1. The average molecular weight is 516 g/mol. The maximum Gasteiger partial charge on any atom is 0.264 e. The van der Waals surface area contributed by atoms with Gasteiger partial charge in [0.1, 0.15) is 23.2 Å². The molecule has 1 fully saturated rings. The van der Waals surface area contributed by atoms with Crippen molar-refractivity contribution >= 4 is 29.1 Å². The summed E-state index contributed by atoms with van der Waals surface area (Å²) in [6.45, 7) is 1.47. The third kappa shape index (κ3) is 4.40. The molecule has 1 aliphatic heterocycles. The summed E-state index contributed by atoms with van der Waals surface area (Å²) in [4.78, 5) is 16.1. The number of nitrogens with zero attached hydrogens (tertiary/aromatic N) is 1. The van der Waals surface area contributed by atoms with Crippen LogP contribution in [0, 0.1) is 0 Å². The van der Waals surface area contributed by atoms with E-state index in [0.717, 1.165) is 13.0 Å². The molecule has 0 aliphatic carbocycles. The molecular formula is C29H27BrNOP. The summed E-state index contributed by atoms with van der Waals surface area (Å²) in [6.07, 6.45) is 0.873. The van der Waals surface area contributed by atoms with Gasteiger partial charge in [-0.05, 0) is 42.0 Å². The summed E-state index contributed by atoms with van der Waals surface area (Å²) in [5, 5.41) is 3.83. The lowest BCUT2D eigenvalue weighted by Gasteiger charge is -2.32. The smallest absolute Gasteiger partial charge is 0.264 e. The van der Waals surface area contributed by atoms with Crippen LogP contribution in [0.2, 0.25) is 0 Å². The first-order valence-electron chi connectivity index (χ1n) is 11.2. The van der Waals surface area contributed by atoms with Crippen molar-refractivity contribution in [2.24, 2.45) is 0 Å². The molecular weight excluding hydrogens is 489 g/mol. The molecule has 4 aromatic rings. The molecule has 2 nitrogen and oxygen atoms in total. The van der Waals surface area contributed by atoms with E-state index < -0.39 is 7.26 Å². The van der Waals surface area contributed by atoms with Crippen LogP contribution < -0.4 is 32.9 Å². The van der Waals surface area contributed by atoms with Gasteiger partial charge in [0.05, 0.1) is 0 Å². The zero-order chi connectivity index (χ0) is 21.8. The summed E-state index contributed by atoms with van der Waals surface area (Å²) in [7, 11) is -2.19. The van der Waals surface area contributed by atoms with Gasteiger partial charge in [0, 0.05) is 19.5 Å². The number of carbonyl (C=O) groups is 1. The van der Waals surface area contributed by atoms with Crippen LogP contribution in [0.5, 0.6) is 0 Å². The number of hydrogen-bond donors (Lipinski definition) is 0. The molecule has 1 saturated heterocycles. The lowest BCUT2D eigenvalue weighted by molar-refractivity contribution is -0.127. The van der Waals surface area contributed by atoms with Crippen LogP contribution in [0.25, 0.3) is 0 Å². The first-order chi connectivity index (χ1) is 15.8. The Morgan fingerprint density at radius 3 is 1.45 bits per heavy atom. The topological polar surface area (TPSA) is 20.3 Å². The molecule has 4 heteroatoms. The predicted molar refractivity (Wildman–Crippen MR) is 135 cm³/mol. The Labute approximate surface area is 207 Å². The minimum Gasteiger partial charge on any atom is -1.00 e. The van der Waals surface area contributed by atoms with Gasteiger partial charge in [-0.25, -0.2) is 0 Å². The molecule has 1 amide bonds. The summed E-state index contributed by atoms with van der Waals surface area (Å²) in [5.41, 5.74) is 1.13. The molecule has 0 N–H and O–H groups in total. The molecule has 0 spiro atoms. The molecule has 1 aliphatic rings. The number of hydrogen-bond acceptors (Lipinski definition) is 1. The minimum absolute atomic E-state index is 0. The van der Waals surface area contributed by atoms with Crippen molar-refractivity contribution in [1.82, 2.24) is 4.90 Å². The summed E-state index contributed by atoms with van der Waals surface area (Å²) >= 11 is 0. The molecule has 33 heavy (non-hydrogen) atoms. The van der Waals surface area contributed by atoms with Crippen LogP contribution in [-0.2, 0) is 11.3 Å². The van der Waals surface area contributed by atoms with Crippen LogP contribution in [0.3, 0.4) is 0 Å². The van der Waals surface area contributed by atoms with Gasteiger partial charge < -0.3 is 21.9 Å². The standard InChI is InChI=1S/C29H27NOP.BrH/c31-29-28(21-22-30(29)23-24-13-5-1-6-14-24)32(25-15-7-2-8-16-25,26-17-9-3-10-18-26)27-19-11-4-12-20-27;/h1-20,28H,21-23H2;1H/q+1;/p-1. The Morgan fingerprint density at radius 1 is 0.636 bits per heavy atom. The first kappa shape index (κ1) is 23.4. The highest BCUT2D eigenvalue weighted by Crippen LogP contribution is 2.62. The van der Waals surface area contributed by atoms with Gasteiger partial charge in [0.2, 0.25) is 0 Å². The van der Waals surface area contributed by atoms with Gasteiger partial charge in [0.25, 0.3) is 5.91 Å². The SMILES string of the molecule is O=C1C([P+](c2ccccc2)(c2ccccc2)c2ccccc2)CCN1Cc1ccccc1.[Br-]. The summed E-state index contributed by atoms with van der Waals surface area (Å²) < 4.78 is 0. The predicted octanol–water partition coefficient (Wildman–Crippen LogP) is 1.79. The molecule has 5 rings (SSSR count). The van der Waals surface area contributed by atoms with E-state index >= 15 is 0 Å². The number of benzene rings is 4. The van der Waals surface area contributed by atoms with Gasteiger partial charge in [0.15, 0.2) is 5.66 Å². The number of likely N-dealkylation sites (tertiary alicyclic amines) is 1. The van der Waals surface area contributed by atoms with Crippen LogP contribution in [0.4, 0.5) is 0 Å². The van der Waals surface area contributed by atoms with E-state index in [9.17, 15) is 4.79 Å². The Balaban J connectivity index is 0.00000259. The highest BCUT2D eigenvalue weighted by atomic mass is 79.9. The Kier molecular flexibility index (Phi) is 7.42. The van der Waals surface area contributed by atoms with Crippen molar-refractivity contribution in [2.45, 2.75) is 18.6 Å². The largest absolute Gasteiger partial charge is 1.00 e. The highest BCUT2D eigenvalue weighted by Gasteiger charge is 2.58. The molecule has 0 aromatic heterocycles. The Bertz CT molecular complexity index is 1070. The van der Waals surface area contributed by atoms with Crippen molar-refractivity contribution in [2.75, 3.05) is 6.54 Å². The van der Waals surface area contributed by atoms with Crippen molar-refractivity contribution in [1.29, 1.82) is 0 Å². The minimum atomic E-state index is -2.19. The number of carbonyl (C=O) groups excluding carboxylic acids is 1. The van der Waals surface area contributed by atoms with Crippen LogP contribution >= 0.6 is 7.26 Å². The second-order valence-corrected chi connectivity index (χ2v) is 11.9. The zero-order valence-corrected chi connectivity index (χ0v) is 20.9. The van der Waals surface area contributed by atoms with E-state index in [4.69, 9.17) is 0 Å². The fraction of sp³-hybridized carbons (Fsp3) is 0.138. The van der Waals surface area contributed by atoms with Crippen molar-refractivity contribution in [3.05, 3.63) is 127 Å². The quantitative estimate of drug-likeness (QED) is 0.358. The maximum atomic E-state index is 14.0. The van der Waals surface area contributed by atoms with E-state index in [-0.39, 0.29) is 28.5 Å². The fourth-order valence-corrected chi connectivity index (χ4v) is 9.92. The molecule has 4 aromatic carbocycles. The summed E-state index contributed by atoms with van der Waals surface area (Å²) in [5.74, 6) is 0.277. The Morgan fingerprint density at radius 2 is 1.03 bits per heavy atom. The van der Waals surface area contributed by atoms with E-state index in [1.54, 1.807) is 0 Å². The summed E-state index contributed by atoms with van der Waals surface area (Å²) in [6, 6.07) is 42.5. The molecule has 1 unspecified atom stereocenters. The molecule has 1 heterocycles. The van der Waals surface area contributed by atoms with Gasteiger partial charge in [-0.15, -0.1) is 0 Å². The van der Waals surface area contributed by atoms with E-state index in [1.807, 2.05) is 18.2 Å². The zero-order valence-electron chi connectivity index (χ0n) is 18.4. The van der Waals surface area contributed by atoms with E-state index in [2.05, 4.69) is 108 Å². The van der Waals surface area contributed by atoms with Crippen LogP contribution in [0.15, 0.2) is 121 Å². The Hall–Kier alpha value is -2.74. The second kappa shape index (κ2) is 10.5. The van der Waals surface area contributed by atoms with E-state index in [0.29, 0.717) is 6.54 Å². The van der Waals surface area contributed by atoms with E-state index in [1.165, 1.54) is 21.5 Å². The first-order valence-corrected chi connectivity index (χ1v) is 13.0. The monoisotopic (exact) mass is 515 g/mol. The molecule has 0 radical (unpaired) electrons. The molecule has 1 atom stereocenters. The van der Waals surface area contributed by atoms with Crippen LogP contribution in [-0.4, -0.2) is 23.0 Å². The van der Waals surface area contributed by atoms with Gasteiger partial charge in [-0.3, -0.25) is 4.79 Å². The normalized spacial score (nSPS) is 15.8. The van der Waals surface area contributed by atoms with Crippen molar-refractivity contribution in [3.8, 4) is 0 Å². The lowest BCUT2D eigenvalue weighted by Crippen LogP contribution is -3.00. The van der Waals surface area contributed by atoms with Crippen molar-refractivity contribution in [3.63, 3.8) is 0 Å². The van der Waals surface area contributed by atoms with Gasteiger partial charge in [-0.1, -0.05) is 84.9 Å².